The highest BCUT2D eigenvalue weighted by Gasteiger charge is 1.99. The molecule has 0 heterocycles. The van der Waals surface area contributed by atoms with E-state index in [1.54, 1.807) is 0 Å². The van der Waals surface area contributed by atoms with Gasteiger partial charge >= 0.3 is 0 Å². The number of guanidine groups is 1. The highest BCUT2D eigenvalue weighted by molar-refractivity contribution is 14.0. The summed E-state index contributed by atoms with van der Waals surface area (Å²) in [5.74, 6) is 0.682. The van der Waals surface area contributed by atoms with Crippen LogP contribution in [-0.4, -0.2) is 30.8 Å². The molecule has 0 amide bonds. The van der Waals surface area contributed by atoms with Crippen LogP contribution in [-0.2, 0) is 6.54 Å². The van der Waals surface area contributed by atoms with Crippen LogP contribution in [0.2, 0.25) is 5.02 Å². The Morgan fingerprint density at radius 2 is 2.06 bits per heavy atom. The fourth-order valence-electron chi connectivity index (χ4n) is 1.31. The summed E-state index contributed by atoms with van der Waals surface area (Å²) >= 11 is 6.04. The van der Waals surface area contributed by atoms with Crippen molar-refractivity contribution in [2.45, 2.75) is 13.5 Å². The molecule has 0 saturated carbocycles. The molecule has 0 unspecified atom stereocenters. The van der Waals surface area contributed by atoms with E-state index in [0.29, 0.717) is 24.1 Å². The van der Waals surface area contributed by atoms with Crippen molar-refractivity contribution >= 4 is 41.5 Å². The number of nitrogens with zero attached hydrogens (tertiary/aromatic N) is 1. The topological polar surface area (TPSA) is 56.7 Å². The molecule has 0 fully saturated rings. The van der Waals surface area contributed by atoms with Gasteiger partial charge in [0.2, 0.25) is 0 Å². The fourth-order valence-corrected chi connectivity index (χ4v) is 1.50. The van der Waals surface area contributed by atoms with Crippen LogP contribution >= 0.6 is 35.6 Å². The second kappa shape index (κ2) is 10.4. The summed E-state index contributed by atoms with van der Waals surface area (Å²) in [5, 5.41) is 15.6. The number of hydrogen-bond donors (Lipinski definition) is 3. The largest absolute Gasteiger partial charge is 0.395 e. The van der Waals surface area contributed by atoms with Crippen molar-refractivity contribution in [3.05, 3.63) is 34.9 Å². The number of benzene rings is 1. The minimum absolute atomic E-state index is 0. The van der Waals surface area contributed by atoms with E-state index < -0.39 is 0 Å². The van der Waals surface area contributed by atoms with Gasteiger partial charge in [-0.25, -0.2) is 4.99 Å². The van der Waals surface area contributed by atoms with Gasteiger partial charge in [0, 0.05) is 18.1 Å². The lowest BCUT2D eigenvalue weighted by Gasteiger charge is -2.10. The van der Waals surface area contributed by atoms with Gasteiger partial charge in [-0.05, 0) is 18.6 Å². The number of aliphatic imine (C=N–C) groups is 1. The Balaban J connectivity index is 0.00000289. The molecule has 0 aliphatic rings. The first-order valence-corrected chi connectivity index (χ1v) is 6.02. The predicted octanol–water partition coefficient (Wildman–Crippen LogP) is 2.01. The minimum atomic E-state index is 0. The van der Waals surface area contributed by atoms with Crippen molar-refractivity contribution < 1.29 is 5.11 Å². The number of halogens is 2. The summed E-state index contributed by atoms with van der Waals surface area (Å²) in [7, 11) is 0. The van der Waals surface area contributed by atoms with E-state index in [1.165, 1.54) is 0 Å². The Morgan fingerprint density at radius 1 is 1.33 bits per heavy atom. The lowest BCUT2D eigenvalue weighted by molar-refractivity contribution is 0.300. The lowest BCUT2D eigenvalue weighted by Crippen LogP contribution is -2.38. The zero-order valence-electron chi connectivity index (χ0n) is 10.3. The molecular formula is C12H19ClIN3O. The first-order chi connectivity index (χ1) is 8.27. The summed E-state index contributed by atoms with van der Waals surface area (Å²) < 4.78 is 0. The van der Waals surface area contributed by atoms with Gasteiger partial charge in [0.15, 0.2) is 5.96 Å². The van der Waals surface area contributed by atoms with Gasteiger partial charge in [-0.1, -0.05) is 29.8 Å². The van der Waals surface area contributed by atoms with Gasteiger partial charge < -0.3 is 15.7 Å². The Bertz CT molecular complexity index is 374. The SMILES string of the molecule is CCNC(=NCc1ccccc1Cl)NCCO.I. The van der Waals surface area contributed by atoms with Gasteiger partial charge in [0.1, 0.15) is 0 Å². The molecule has 0 bridgehead atoms. The normalized spacial score (nSPS) is 10.7. The quantitative estimate of drug-likeness (QED) is 0.414. The van der Waals surface area contributed by atoms with Crippen LogP contribution in [0.15, 0.2) is 29.3 Å². The van der Waals surface area contributed by atoms with E-state index >= 15 is 0 Å². The first-order valence-electron chi connectivity index (χ1n) is 5.64. The summed E-state index contributed by atoms with van der Waals surface area (Å²) in [6.45, 7) is 3.84. The average molecular weight is 384 g/mol. The summed E-state index contributed by atoms with van der Waals surface area (Å²) in [6, 6.07) is 7.62. The van der Waals surface area contributed by atoms with Gasteiger partial charge in [-0.2, -0.15) is 0 Å². The van der Waals surface area contributed by atoms with E-state index in [-0.39, 0.29) is 30.6 Å². The molecule has 6 heteroatoms. The van der Waals surface area contributed by atoms with Crippen molar-refractivity contribution in [3.63, 3.8) is 0 Å². The highest BCUT2D eigenvalue weighted by atomic mass is 127. The van der Waals surface area contributed by atoms with Gasteiger partial charge in [0.05, 0.1) is 13.2 Å². The maximum Gasteiger partial charge on any atom is 0.191 e. The Labute approximate surface area is 130 Å². The predicted molar refractivity (Wildman–Crippen MR) is 86.8 cm³/mol. The number of hydrogen-bond acceptors (Lipinski definition) is 2. The van der Waals surface area contributed by atoms with E-state index in [2.05, 4.69) is 15.6 Å². The van der Waals surface area contributed by atoms with Crippen molar-refractivity contribution in [1.82, 2.24) is 10.6 Å². The zero-order valence-corrected chi connectivity index (χ0v) is 13.4. The van der Waals surface area contributed by atoms with Crippen LogP contribution < -0.4 is 10.6 Å². The maximum atomic E-state index is 8.75. The Kier molecular flexibility index (Phi) is 10.1. The molecule has 0 saturated heterocycles. The first kappa shape index (κ1) is 17.5. The molecule has 0 aliphatic heterocycles. The number of aliphatic hydroxyl groups is 1. The molecule has 4 nitrogen and oxygen atoms in total. The molecular weight excluding hydrogens is 365 g/mol. The van der Waals surface area contributed by atoms with E-state index in [0.717, 1.165) is 12.1 Å². The molecule has 1 aromatic carbocycles. The van der Waals surface area contributed by atoms with Gasteiger partial charge in [-0.3, -0.25) is 0 Å². The Hall–Kier alpha value is -0.530. The smallest absolute Gasteiger partial charge is 0.191 e. The van der Waals surface area contributed by atoms with Gasteiger partial charge in [-0.15, -0.1) is 24.0 Å². The minimum Gasteiger partial charge on any atom is -0.395 e. The molecule has 18 heavy (non-hydrogen) atoms. The van der Waals surface area contributed by atoms with E-state index in [1.807, 2.05) is 31.2 Å². The third-order valence-corrected chi connectivity index (χ3v) is 2.48. The molecule has 3 N–H and O–H groups in total. The second-order valence-corrected chi connectivity index (χ2v) is 3.84. The fraction of sp³-hybridized carbons (Fsp3) is 0.417. The van der Waals surface area contributed by atoms with Crippen LogP contribution in [0.1, 0.15) is 12.5 Å². The number of nitrogens with one attached hydrogen (secondary N) is 2. The van der Waals surface area contributed by atoms with E-state index in [9.17, 15) is 0 Å². The summed E-state index contributed by atoms with van der Waals surface area (Å²) in [4.78, 5) is 4.38. The molecule has 0 radical (unpaired) electrons. The molecule has 1 rings (SSSR count). The van der Waals surface area contributed by atoms with Crippen LogP contribution in [0.25, 0.3) is 0 Å². The van der Waals surface area contributed by atoms with Crippen LogP contribution in [0.4, 0.5) is 0 Å². The molecule has 102 valence electrons. The summed E-state index contributed by atoms with van der Waals surface area (Å²) in [6.07, 6.45) is 0. The molecule has 0 aliphatic carbocycles. The number of rotatable bonds is 5. The molecule has 0 spiro atoms. The third-order valence-electron chi connectivity index (χ3n) is 2.11. The number of aliphatic hydroxyl groups excluding tert-OH is 1. The van der Waals surface area contributed by atoms with Crippen molar-refractivity contribution in [2.75, 3.05) is 19.7 Å². The monoisotopic (exact) mass is 383 g/mol. The standard InChI is InChI=1S/C12H18ClN3O.HI/c1-2-14-12(15-7-8-17)16-9-10-5-3-4-6-11(10)13;/h3-6,17H,2,7-9H2,1H3,(H2,14,15,16);1H. The average Bonchev–Trinajstić information content (AvgIpc) is 2.34. The van der Waals surface area contributed by atoms with E-state index in [4.69, 9.17) is 16.7 Å². The van der Waals surface area contributed by atoms with Crippen LogP contribution in [0.5, 0.6) is 0 Å². The second-order valence-electron chi connectivity index (χ2n) is 3.44. The van der Waals surface area contributed by atoms with Crippen molar-refractivity contribution in [1.29, 1.82) is 0 Å². The zero-order chi connectivity index (χ0) is 12.5. The third kappa shape index (κ3) is 6.42. The van der Waals surface area contributed by atoms with Gasteiger partial charge in [0.25, 0.3) is 0 Å². The van der Waals surface area contributed by atoms with Crippen LogP contribution in [0, 0.1) is 0 Å². The van der Waals surface area contributed by atoms with Crippen molar-refractivity contribution in [3.8, 4) is 0 Å². The maximum absolute atomic E-state index is 8.75. The molecule has 1 aromatic rings. The lowest BCUT2D eigenvalue weighted by atomic mass is 10.2. The van der Waals surface area contributed by atoms with Crippen molar-refractivity contribution in [2.24, 2.45) is 4.99 Å². The Morgan fingerprint density at radius 3 is 2.67 bits per heavy atom. The molecule has 0 atom stereocenters. The van der Waals surface area contributed by atoms with Crippen LogP contribution in [0.3, 0.4) is 0 Å². The highest BCUT2D eigenvalue weighted by Crippen LogP contribution is 2.15. The molecule has 0 aromatic heterocycles. The summed E-state index contributed by atoms with van der Waals surface area (Å²) in [5.41, 5.74) is 0.982.